The van der Waals surface area contributed by atoms with E-state index in [2.05, 4.69) is 0 Å². The first-order valence-electron chi connectivity index (χ1n) is 6.68. The summed E-state index contributed by atoms with van der Waals surface area (Å²) in [5.41, 5.74) is -2.47. The zero-order chi connectivity index (χ0) is 16.5. The van der Waals surface area contributed by atoms with Crippen molar-refractivity contribution in [1.82, 2.24) is 4.90 Å². The van der Waals surface area contributed by atoms with Gasteiger partial charge in [-0.15, -0.1) is 0 Å². The predicted octanol–water partition coefficient (Wildman–Crippen LogP) is 3.41. The third kappa shape index (κ3) is 3.30. The highest BCUT2D eigenvalue weighted by Crippen LogP contribution is 2.39. The van der Waals surface area contributed by atoms with Crippen LogP contribution >= 0.6 is 11.6 Å². The van der Waals surface area contributed by atoms with Crippen molar-refractivity contribution in [3.05, 3.63) is 34.3 Å². The lowest BCUT2D eigenvalue weighted by atomic mass is 9.91. The summed E-state index contributed by atoms with van der Waals surface area (Å²) in [6.45, 7) is 1.92. The fourth-order valence-corrected chi connectivity index (χ4v) is 2.66. The first-order chi connectivity index (χ1) is 10.2. The van der Waals surface area contributed by atoms with Gasteiger partial charge in [0.1, 0.15) is 5.60 Å². The number of amides is 1. The summed E-state index contributed by atoms with van der Waals surface area (Å²) in [6.07, 6.45) is -5.07. The van der Waals surface area contributed by atoms with Gasteiger partial charge in [-0.25, -0.2) is 4.79 Å². The molecule has 0 bridgehead atoms. The average Bonchev–Trinajstić information content (AvgIpc) is 2.82. The maximum atomic E-state index is 12.9. The summed E-state index contributed by atoms with van der Waals surface area (Å²) in [5, 5.41) is 10.1. The topological polar surface area (TPSA) is 49.8 Å². The van der Waals surface area contributed by atoms with Crippen LogP contribution in [0.4, 0.5) is 18.0 Å². The largest absolute Gasteiger partial charge is 0.450 e. The van der Waals surface area contributed by atoms with Crippen molar-refractivity contribution < 1.29 is 27.8 Å². The monoisotopic (exact) mass is 337 g/mol. The Labute approximate surface area is 130 Å². The Bertz CT molecular complexity index is 579. The summed E-state index contributed by atoms with van der Waals surface area (Å²) in [4.78, 5) is 12.9. The molecule has 0 radical (unpaired) electrons. The maximum Gasteiger partial charge on any atom is 0.417 e. The summed E-state index contributed by atoms with van der Waals surface area (Å²) in [5.74, 6) is 0. The van der Waals surface area contributed by atoms with Crippen molar-refractivity contribution in [3.63, 3.8) is 0 Å². The van der Waals surface area contributed by atoms with Gasteiger partial charge in [0.05, 0.1) is 23.7 Å². The molecule has 1 N–H and O–H groups in total. The zero-order valence-corrected chi connectivity index (χ0v) is 12.5. The Morgan fingerprint density at radius 2 is 2.18 bits per heavy atom. The number of rotatable bonds is 2. The van der Waals surface area contributed by atoms with Crippen LogP contribution < -0.4 is 0 Å². The number of hydrogen-bond donors (Lipinski definition) is 1. The number of β-amino-alcohol motifs (C(OH)–C–C–N with tert-alkyl or cyclic N) is 1. The van der Waals surface area contributed by atoms with E-state index in [1.807, 2.05) is 0 Å². The van der Waals surface area contributed by atoms with E-state index in [1.165, 1.54) is 11.0 Å². The van der Waals surface area contributed by atoms with Gasteiger partial charge in [0.15, 0.2) is 0 Å². The van der Waals surface area contributed by atoms with E-state index in [0.29, 0.717) is 0 Å². The Balaban J connectivity index is 2.27. The van der Waals surface area contributed by atoms with E-state index in [4.69, 9.17) is 16.3 Å². The van der Waals surface area contributed by atoms with Crippen molar-refractivity contribution in [2.45, 2.75) is 25.1 Å². The number of likely N-dealkylation sites (tertiary alicyclic amines) is 1. The molecule has 22 heavy (non-hydrogen) atoms. The lowest BCUT2D eigenvalue weighted by Gasteiger charge is -2.25. The van der Waals surface area contributed by atoms with E-state index in [0.717, 1.165) is 12.1 Å². The first kappa shape index (κ1) is 16.9. The van der Waals surface area contributed by atoms with Gasteiger partial charge < -0.3 is 14.7 Å². The lowest BCUT2D eigenvalue weighted by Crippen LogP contribution is -2.34. The molecule has 1 aliphatic rings. The van der Waals surface area contributed by atoms with E-state index in [9.17, 15) is 23.1 Å². The fourth-order valence-electron chi connectivity index (χ4n) is 2.43. The smallest absolute Gasteiger partial charge is 0.417 e. The summed E-state index contributed by atoms with van der Waals surface area (Å²) >= 11 is 5.57. The van der Waals surface area contributed by atoms with Gasteiger partial charge in [-0.3, -0.25) is 0 Å². The van der Waals surface area contributed by atoms with E-state index in [-0.39, 0.29) is 31.7 Å². The zero-order valence-electron chi connectivity index (χ0n) is 11.8. The number of aliphatic hydroxyl groups is 1. The molecule has 0 saturated carbocycles. The molecule has 1 unspecified atom stereocenters. The van der Waals surface area contributed by atoms with E-state index >= 15 is 0 Å². The van der Waals surface area contributed by atoms with Crippen LogP contribution in [0.2, 0.25) is 5.02 Å². The molecule has 1 fully saturated rings. The number of nitrogens with zero attached hydrogens (tertiary/aromatic N) is 1. The van der Waals surface area contributed by atoms with Crippen molar-refractivity contribution in [2.24, 2.45) is 0 Å². The van der Waals surface area contributed by atoms with E-state index in [1.54, 1.807) is 6.92 Å². The molecule has 1 heterocycles. The molecule has 8 heteroatoms. The van der Waals surface area contributed by atoms with Crippen LogP contribution in [0.5, 0.6) is 0 Å². The minimum atomic E-state index is -4.61. The van der Waals surface area contributed by atoms with E-state index < -0.39 is 28.5 Å². The maximum absolute atomic E-state index is 12.9. The lowest BCUT2D eigenvalue weighted by molar-refractivity contribution is -0.137. The molecule has 0 spiro atoms. The molecule has 0 aliphatic carbocycles. The van der Waals surface area contributed by atoms with Crippen LogP contribution in [0.1, 0.15) is 24.5 Å². The standard InChI is InChI=1S/C14H15ClF3NO3/c1-2-22-12(20)19-6-5-13(21,8-19)9-3-4-11(15)10(7-9)14(16,17)18/h3-4,7,21H,2,5-6,8H2,1H3. The highest BCUT2D eigenvalue weighted by molar-refractivity contribution is 6.31. The predicted molar refractivity (Wildman–Crippen MR) is 73.6 cm³/mol. The third-order valence-electron chi connectivity index (χ3n) is 3.58. The van der Waals surface area contributed by atoms with Crippen molar-refractivity contribution >= 4 is 17.7 Å². The van der Waals surface area contributed by atoms with Crippen LogP contribution in [0.15, 0.2) is 18.2 Å². The number of benzene rings is 1. The summed E-state index contributed by atoms with van der Waals surface area (Å²) < 4.78 is 43.5. The van der Waals surface area contributed by atoms with Crippen LogP contribution in [0.3, 0.4) is 0 Å². The molecular weight excluding hydrogens is 323 g/mol. The molecule has 1 amide bonds. The number of hydrogen-bond acceptors (Lipinski definition) is 3. The van der Waals surface area contributed by atoms with Crippen molar-refractivity contribution in [2.75, 3.05) is 19.7 Å². The number of alkyl halides is 3. The van der Waals surface area contributed by atoms with Crippen molar-refractivity contribution in [1.29, 1.82) is 0 Å². The van der Waals surface area contributed by atoms with Gasteiger partial charge in [0.25, 0.3) is 0 Å². The molecular formula is C14H15ClF3NO3. The summed E-state index contributed by atoms with van der Waals surface area (Å²) in [6, 6.07) is 3.27. The molecule has 1 aliphatic heterocycles. The first-order valence-corrected chi connectivity index (χ1v) is 7.06. The molecule has 2 rings (SSSR count). The Morgan fingerprint density at radius 3 is 2.77 bits per heavy atom. The molecule has 0 aromatic heterocycles. The van der Waals surface area contributed by atoms with Gasteiger partial charge >= 0.3 is 12.3 Å². The average molecular weight is 338 g/mol. The number of halogens is 4. The minimum absolute atomic E-state index is 0.0797. The quantitative estimate of drug-likeness (QED) is 0.899. The number of carbonyl (C=O) groups excluding carboxylic acids is 1. The molecule has 1 saturated heterocycles. The number of ether oxygens (including phenoxy) is 1. The Hall–Kier alpha value is -1.47. The second kappa shape index (κ2) is 5.96. The second-order valence-corrected chi connectivity index (χ2v) is 5.50. The SMILES string of the molecule is CCOC(=O)N1CCC(O)(c2ccc(Cl)c(C(F)(F)F)c2)C1. The van der Waals surface area contributed by atoms with Crippen molar-refractivity contribution in [3.8, 4) is 0 Å². The molecule has 1 aromatic carbocycles. The van der Waals surface area contributed by atoms with Gasteiger partial charge in [0.2, 0.25) is 0 Å². The molecule has 122 valence electrons. The van der Waals surface area contributed by atoms with Gasteiger partial charge in [0, 0.05) is 6.54 Å². The molecule has 1 atom stereocenters. The Kier molecular flexibility index (Phi) is 4.58. The highest BCUT2D eigenvalue weighted by Gasteiger charge is 2.42. The fraction of sp³-hybridized carbons (Fsp3) is 0.500. The highest BCUT2D eigenvalue weighted by atomic mass is 35.5. The van der Waals surface area contributed by atoms with Gasteiger partial charge in [-0.1, -0.05) is 17.7 Å². The van der Waals surface area contributed by atoms with Gasteiger partial charge in [-0.05, 0) is 31.0 Å². The molecule has 1 aromatic rings. The minimum Gasteiger partial charge on any atom is -0.450 e. The van der Waals surface area contributed by atoms with Crippen LogP contribution in [-0.4, -0.2) is 35.8 Å². The van der Waals surface area contributed by atoms with Crippen LogP contribution in [-0.2, 0) is 16.5 Å². The molecule has 4 nitrogen and oxygen atoms in total. The van der Waals surface area contributed by atoms with Crippen LogP contribution in [0, 0.1) is 0 Å². The normalized spacial score (nSPS) is 22.0. The summed E-state index contributed by atoms with van der Waals surface area (Å²) in [7, 11) is 0. The van der Waals surface area contributed by atoms with Crippen LogP contribution in [0.25, 0.3) is 0 Å². The third-order valence-corrected chi connectivity index (χ3v) is 3.91. The second-order valence-electron chi connectivity index (χ2n) is 5.09. The van der Waals surface area contributed by atoms with Gasteiger partial charge in [-0.2, -0.15) is 13.2 Å². The Morgan fingerprint density at radius 1 is 1.50 bits per heavy atom. The number of carbonyl (C=O) groups is 1.